The molecular formula is C35H42O4P2. The minimum atomic E-state index is -0.204. The molecule has 216 valence electrons. The molecule has 0 heterocycles. The van der Waals surface area contributed by atoms with Gasteiger partial charge in [0.05, 0.1) is 0 Å². The zero-order valence-corrected chi connectivity index (χ0v) is 27.6. The maximum atomic E-state index is 6.56. The fraction of sp³-hybridized carbons (Fsp3) is 0.314. The molecule has 0 aromatic heterocycles. The van der Waals surface area contributed by atoms with Crippen LogP contribution in [0, 0.1) is 20.8 Å². The van der Waals surface area contributed by atoms with Gasteiger partial charge >= 0.3 is 0 Å². The predicted molar refractivity (Wildman–Crippen MR) is 176 cm³/mol. The van der Waals surface area contributed by atoms with E-state index < -0.39 is 0 Å². The first kappa shape index (κ1) is 30.9. The molecule has 0 aliphatic heterocycles. The van der Waals surface area contributed by atoms with E-state index in [1.807, 2.05) is 48.5 Å². The molecule has 0 radical (unpaired) electrons. The van der Waals surface area contributed by atoms with Crippen molar-refractivity contribution in [2.75, 3.05) is 0 Å². The Morgan fingerprint density at radius 2 is 0.927 bits per heavy atom. The van der Waals surface area contributed by atoms with Crippen molar-refractivity contribution in [3.05, 3.63) is 107 Å². The lowest BCUT2D eigenvalue weighted by Crippen LogP contribution is -2.15. The highest BCUT2D eigenvalue weighted by molar-refractivity contribution is 7.27. The van der Waals surface area contributed by atoms with E-state index in [1.54, 1.807) is 0 Å². The molecule has 0 aliphatic rings. The van der Waals surface area contributed by atoms with Gasteiger partial charge < -0.3 is 18.1 Å². The average molecular weight is 589 g/mol. The quantitative estimate of drug-likeness (QED) is 0.182. The molecule has 0 fully saturated rings. The van der Waals surface area contributed by atoms with Gasteiger partial charge in [-0.15, -0.1) is 0 Å². The lowest BCUT2D eigenvalue weighted by atomic mass is 9.80. The van der Waals surface area contributed by atoms with Gasteiger partial charge in [-0.2, -0.15) is 0 Å². The van der Waals surface area contributed by atoms with Crippen LogP contribution in [-0.2, 0) is 10.8 Å². The van der Waals surface area contributed by atoms with Gasteiger partial charge in [0.25, 0.3) is 18.1 Å². The van der Waals surface area contributed by atoms with Crippen LogP contribution in [0.2, 0.25) is 0 Å². The van der Waals surface area contributed by atoms with Crippen molar-refractivity contribution in [2.24, 2.45) is 0 Å². The van der Waals surface area contributed by atoms with Gasteiger partial charge in [-0.3, -0.25) is 0 Å². The smallest absolute Gasteiger partial charge is 0.275 e. The summed E-state index contributed by atoms with van der Waals surface area (Å²) in [6.45, 7) is 19.6. The van der Waals surface area contributed by atoms with Crippen LogP contribution in [0.1, 0.15) is 69.4 Å². The predicted octanol–water partition coefficient (Wildman–Crippen LogP) is 10.8. The Kier molecular flexibility index (Phi) is 9.68. The molecule has 0 amide bonds. The second-order valence-electron chi connectivity index (χ2n) is 12.6. The summed E-state index contributed by atoms with van der Waals surface area (Å²) in [6.07, 6.45) is 0. The summed E-state index contributed by atoms with van der Waals surface area (Å²) in [7, 11) is -0.406. The van der Waals surface area contributed by atoms with Crippen LogP contribution < -0.4 is 18.1 Å². The SMILES string of the molecule is Cc1cccc(OPOc2c(-c3cc(C)cc(C(C)(C)C)c3OPOc3ccccc3)cc(C)cc2C(C)(C)C)c1. The normalized spacial score (nSPS) is 12.3. The summed E-state index contributed by atoms with van der Waals surface area (Å²) in [5.74, 6) is 3.20. The zero-order chi connectivity index (χ0) is 29.8. The van der Waals surface area contributed by atoms with E-state index in [4.69, 9.17) is 18.1 Å². The Morgan fingerprint density at radius 1 is 0.463 bits per heavy atom. The molecule has 4 aromatic carbocycles. The third-order valence-electron chi connectivity index (χ3n) is 6.71. The highest BCUT2D eigenvalue weighted by Gasteiger charge is 2.28. The Bertz CT molecular complexity index is 1490. The first-order valence-electron chi connectivity index (χ1n) is 13.9. The number of para-hydroxylation sites is 1. The lowest BCUT2D eigenvalue weighted by Gasteiger charge is -2.28. The van der Waals surface area contributed by atoms with Gasteiger partial charge in [0.1, 0.15) is 23.0 Å². The van der Waals surface area contributed by atoms with Crippen LogP contribution >= 0.6 is 18.1 Å². The Morgan fingerprint density at radius 3 is 1.39 bits per heavy atom. The van der Waals surface area contributed by atoms with Crippen molar-refractivity contribution in [3.63, 3.8) is 0 Å². The van der Waals surface area contributed by atoms with Crippen molar-refractivity contribution in [3.8, 4) is 34.1 Å². The van der Waals surface area contributed by atoms with E-state index >= 15 is 0 Å². The molecule has 6 heteroatoms. The molecule has 0 saturated carbocycles. The summed E-state index contributed by atoms with van der Waals surface area (Å²) >= 11 is 0. The summed E-state index contributed by atoms with van der Waals surface area (Å²) in [6, 6.07) is 26.6. The van der Waals surface area contributed by atoms with Crippen LogP contribution in [0.3, 0.4) is 0 Å². The van der Waals surface area contributed by atoms with E-state index in [0.29, 0.717) is 0 Å². The van der Waals surface area contributed by atoms with Gasteiger partial charge in [-0.1, -0.05) is 84.0 Å². The fourth-order valence-electron chi connectivity index (χ4n) is 4.67. The van der Waals surface area contributed by atoms with Crippen molar-refractivity contribution < 1.29 is 18.1 Å². The zero-order valence-electron chi connectivity index (χ0n) is 25.6. The number of hydrogen-bond acceptors (Lipinski definition) is 4. The van der Waals surface area contributed by atoms with E-state index in [-0.39, 0.29) is 28.9 Å². The molecule has 0 N–H and O–H groups in total. The van der Waals surface area contributed by atoms with Crippen molar-refractivity contribution in [1.82, 2.24) is 0 Å². The van der Waals surface area contributed by atoms with Gasteiger partial charge in [0, 0.05) is 22.3 Å². The maximum Gasteiger partial charge on any atom is 0.275 e. The molecule has 0 spiro atoms. The Balaban J connectivity index is 1.82. The molecule has 41 heavy (non-hydrogen) atoms. The van der Waals surface area contributed by atoms with Crippen molar-refractivity contribution >= 4 is 18.1 Å². The molecule has 4 rings (SSSR count). The molecular weight excluding hydrogens is 546 g/mol. The lowest BCUT2D eigenvalue weighted by molar-refractivity contribution is 0.488. The summed E-state index contributed by atoms with van der Waals surface area (Å²) in [5.41, 5.74) is 7.39. The number of rotatable bonds is 9. The largest absolute Gasteiger partial charge is 0.441 e. The van der Waals surface area contributed by atoms with E-state index in [0.717, 1.165) is 61.9 Å². The van der Waals surface area contributed by atoms with Gasteiger partial charge in [-0.05, 0) is 84.7 Å². The molecule has 2 unspecified atom stereocenters. The van der Waals surface area contributed by atoms with Crippen LogP contribution in [-0.4, -0.2) is 0 Å². The maximum absolute atomic E-state index is 6.56. The summed E-state index contributed by atoms with van der Waals surface area (Å²) < 4.78 is 25.2. The van der Waals surface area contributed by atoms with Crippen LogP contribution in [0.4, 0.5) is 0 Å². The first-order chi connectivity index (χ1) is 19.3. The molecule has 4 nitrogen and oxygen atoms in total. The third-order valence-corrected chi connectivity index (χ3v) is 7.92. The molecule has 2 atom stereocenters. The molecule has 0 saturated heterocycles. The number of aryl methyl sites for hydroxylation is 3. The monoisotopic (exact) mass is 588 g/mol. The Labute approximate surface area is 249 Å². The molecule has 0 aliphatic carbocycles. The van der Waals surface area contributed by atoms with E-state index in [9.17, 15) is 0 Å². The first-order valence-corrected chi connectivity index (χ1v) is 15.6. The summed E-state index contributed by atoms with van der Waals surface area (Å²) in [4.78, 5) is 0. The van der Waals surface area contributed by atoms with Crippen LogP contribution in [0.5, 0.6) is 23.0 Å². The van der Waals surface area contributed by atoms with Crippen molar-refractivity contribution in [1.29, 1.82) is 0 Å². The highest BCUT2D eigenvalue weighted by Crippen LogP contribution is 2.49. The van der Waals surface area contributed by atoms with Crippen LogP contribution in [0.15, 0.2) is 78.9 Å². The number of benzene rings is 4. The van der Waals surface area contributed by atoms with E-state index in [2.05, 4.69) is 92.6 Å². The second-order valence-corrected chi connectivity index (χ2v) is 13.7. The van der Waals surface area contributed by atoms with Crippen LogP contribution in [0.25, 0.3) is 11.1 Å². The topological polar surface area (TPSA) is 36.9 Å². The third kappa shape index (κ3) is 8.03. The second kappa shape index (κ2) is 12.8. The van der Waals surface area contributed by atoms with Gasteiger partial charge in [-0.25, -0.2) is 0 Å². The average Bonchev–Trinajstić information content (AvgIpc) is 2.89. The highest BCUT2D eigenvalue weighted by atomic mass is 31.1. The number of hydrogen-bond donors (Lipinski definition) is 0. The minimum absolute atomic E-state index is 0.152. The van der Waals surface area contributed by atoms with Gasteiger partial charge in [0.15, 0.2) is 0 Å². The van der Waals surface area contributed by atoms with Crippen molar-refractivity contribution in [2.45, 2.75) is 73.1 Å². The Hall–Kier alpha value is -3.06. The van der Waals surface area contributed by atoms with Gasteiger partial charge in [0.2, 0.25) is 0 Å². The van der Waals surface area contributed by atoms with E-state index in [1.165, 1.54) is 0 Å². The summed E-state index contributed by atoms with van der Waals surface area (Å²) in [5, 5.41) is 0. The molecule has 4 aromatic rings. The minimum Gasteiger partial charge on any atom is -0.441 e. The fourth-order valence-corrected chi connectivity index (χ4v) is 5.81. The molecule has 0 bridgehead atoms. The standard InChI is InChI=1S/C35H42O4P2/c1-23-14-13-17-27(18-23)37-41-39-33-29(20-25(3)22-31(33)35(7,8)9)28-19-24(2)21-30(34(4,5)6)32(28)38-40-36-26-15-11-10-12-16-26/h10-22,40-41H,1-9H3.